The lowest BCUT2D eigenvalue weighted by Crippen LogP contribution is -2.21. The molecule has 1 aromatic heterocycles. The molecule has 1 atom stereocenters. The largest absolute Gasteiger partial charge is 0.434 e. The Hall–Kier alpha value is -1.73. The molecule has 0 fully saturated rings. The molecule has 1 N–H and O–H groups in total. The van der Waals surface area contributed by atoms with Crippen molar-refractivity contribution in [2.45, 2.75) is 26.1 Å². The number of hydrogen-bond acceptors (Lipinski definition) is 4. The van der Waals surface area contributed by atoms with E-state index in [1.807, 2.05) is 14.0 Å². The van der Waals surface area contributed by atoms with E-state index in [9.17, 15) is 8.78 Å². The lowest BCUT2D eigenvalue weighted by atomic mass is 10.2. The van der Waals surface area contributed by atoms with Gasteiger partial charge in [0.15, 0.2) is 0 Å². The Bertz CT molecular complexity index is 606. The maximum absolute atomic E-state index is 12.4. The second kappa shape index (κ2) is 6.82. The summed E-state index contributed by atoms with van der Waals surface area (Å²) in [5.41, 5.74) is 0.553. The van der Waals surface area contributed by atoms with E-state index >= 15 is 0 Å². The number of aromatic nitrogens is 3. The highest BCUT2D eigenvalue weighted by Gasteiger charge is 2.14. The van der Waals surface area contributed by atoms with Crippen molar-refractivity contribution in [1.29, 1.82) is 0 Å². The van der Waals surface area contributed by atoms with Crippen molar-refractivity contribution in [3.05, 3.63) is 40.9 Å². The average molecular weight is 317 g/mol. The monoisotopic (exact) mass is 316 g/mol. The highest BCUT2D eigenvalue weighted by molar-refractivity contribution is 6.30. The highest BCUT2D eigenvalue weighted by atomic mass is 35.5. The normalized spacial score (nSPS) is 12.7. The molecule has 0 amide bonds. The van der Waals surface area contributed by atoms with Gasteiger partial charge >= 0.3 is 6.61 Å². The van der Waals surface area contributed by atoms with Crippen molar-refractivity contribution in [3.8, 4) is 5.75 Å². The summed E-state index contributed by atoms with van der Waals surface area (Å²) in [5, 5.41) is 11.4. The third-order valence-corrected chi connectivity index (χ3v) is 3.21. The summed E-state index contributed by atoms with van der Waals surface area (Å²) in [7, 11) is 1.83. The quantitative estimate of drug-likeness (QED) is 0.890. The first-order valence-corrected chi connectivity index (χ1v) is 6.65. The number of aryl methyl sites for hydroxylation is 1. The fourth-order valence-electron chi connectivity index (χ4n) is 1.94. The van der Waals surface area contributed by atoms with Crippen LogP contribution in [-0.4, -0.2) is 21.4 Å². The molecule has 0 radical (unpaired) electrons. The molecular weight excluding hydrogens is 302 g/mol. The zero-order valence-electron chi connectivity index (χ0n) is 11.6. The first-order valence-electron chi connectivity index (χ1n) is 6.28. The molecule has 0 bridgehead atoms. The second-order valence-corrected chi connectivity index (χ2v) is 4.97. The van der Waals surface area contributed by atoms with Crippen LogP contribution in [0.5, 0.6) is 5.75 Å². The number of rotatable bonds is 6. The van der Waals surface area contributed by atoms with E-state index in [2.05, 4.69) is 20.3 Å². The van der Waals surface area contributed by atoms with Crippen LogP contribution in [0.2, 0.25) is 5.02 Å². The van der Waals surface area contributed by atoms with Gasteiger partial charge in [0.2, 0.25) is 0 Å². The van der Waals surface area contributed by atoms with Crippen LogP contribution in [0.15, 0.2) is 24.5 Å². The van der Waals surface area contributed by atoms with Gasteiger partial charge in [0.25, 0.3) is 0 Å². The molecule has 2 rings (SSSR count). The summed E-state index contributed by atoms with van der Waals surface area (Å²) >= 11 is 5.90. The molecule has 114 valence electrons. The Morgan fingerprint density at radius 3 is 2.81 bits per heavy atom. The van der Waals surface area contributed by atoms with Crippen LogP contribution >= 0.6 is 11.6 Å². The standard InChI is InChI=1S/C13H15ClF2N4O/c1-8(12-19-18-7-20(12)2)17-6-9-5-10(14)3-4-11(9)21-13(15)16/h3-5,7-8,13,17H,6H2,1-2H3. The van der Waals surface area contributed by atoms with Crippen LogP contribution in [0.3, 0.4) is 0 Å². The van der Waals surface area contributed by atoms with Crippen LogP contribution in [0, 0.1) is 0 Å². The number of nitrogens with one attached hydrogen (secondary N) is 1. The van der Waals surface area contributed by atoms with Crippen LogP contribution < -0.4 is 10.1 Å². The Balaban J connectivity index is 2.08. The van der Waals surface area contributed by atoms with E-state index in [-0.39, 0.29) is 11.8 Å². The van der Waals surface area contributed by atoms with Crippen molar-refractivity contribution < 1.29 is 13.5 Å². The van der Waals surface area contributed by atoms with Gasteiger partial charge in [0.1, 0.15) is 17.9 Å². The Morgan fingerprint density at radius 1 is 1.43 bits per heavy atom. The van der Waals surface area contributed by atoms with Crippen LogP contribution in [0.25, 0.3) is 0 Å². The zero-order chi connectivity index (χ0) is 15.4. The molecule has 0 aliphatic rings. The fraction of sp³-hybridized carbons (Fsp3) is 0.385. The predicted octanol–water partition coefficient (Wildman–Crippen LogP) is 2.92. The molecule has 0 saturated heterocycles. The Labute approximate surface area is 125 Å². The molecule has 0 aliphatic carbocycles. The summed E-state index contributed by atoms with van der Waals surface area (Å²) in [6.07, 6.45) is 1.60. The first kappa shape index (κ1) is 15.7. The molecule has 5 nitrogen and oxygen atoms in total. The summed E-state index contributed by atoms with van der Waals surface area (Å²) in [6.45, 7) is -0.653. The van der Waals surface area contributed by atoms with Crippen molar-refractivity contribution in [2.75, 3.05) is 0 Å². The van der Waals surface area contributed by atoms with Gasteiger partial charge in [-0.3, -0.25) is 0 Å². The second-order valence-electron chi connectivity index (χ2n) is 4.53. The lowest BCUT2D eigenvalue weighted by molar-refractivity contribution is -0.0505. The predicted molar refractivity (Wildman–Crippen MR) is 74.3 cm³/mol. The fourth-order valence-corrected chi connectivity index (χ4v) is 2.13. The number of nitrogens with zero attached hydrogens (tertiary/aromatic N) is 3. The molecule has 1 unspecified atom stereocenters. The van der Waals surface area contributed by atoms with Crippen LogP contribution in [-0.2, 0) is 13.6 Å². The molecule has 8 heteroatoms. The van der Waals surface area contributed by atoms with Crippen molar-refractivity contribution in [2.24, 2.45) is 7.05 Å². The molecule has 2 aromatic rings. The average Bonchev–Trinajstić information content (AvgIpc) is 2.84. The molecular formula is C13H15ClF2N4O. The smallest absolute Gasteiger partial charge is 0.387 e. The zero-order valence-corrected chi connectivity index (χ0v) is 12.3. The topological polar surface area (TPSA) is 52.0 Å². The lowest BCUT2D eigenvalue weighted by Gasteiger charge is -2.15. The summed E-state index contributed by atoms with van der Waals surface area (Å²) < 4.78 is 31.0. The van der Waals surface area contributed by atoms with E-state index in [1.165, 1.54) is 12.1 Å². The van der Waals surface area contributed by atoms with Crippen molar-refractivity contribution >= 4 is 11.6 Å². The van der Waals surface area contributed by atoms with Crippen molar-refractivity contribution in [1.82, 2.24) is 20.1 Å². The van der Waals surface area contributed by atoms with Crippen LogP contribution in [0.1, 0.15) is 24.4 Å². The Morgan fingerprint density at radius 2 is 2.19 bits per heavy atom. The van der Waals surface area contributed by atoms with Gasteiger partial charge in [-0.15, -0.1) is 10.2 Å². The van der Waals surface area contributed by atoms with E-state index in [0.29, 0.717) is 17.1 Å². The summed E-state index contributed by atoms with van der Waals surface area (Å²) in [6, 6.07) is 4.43. The minimum atomic E-state index is -2.87. The Kier molecular flexibility index (Phi) is 5.08. The van der Waals surface area contributed by atoms with E-state index < -0.39 is 6.61 Å². The van der Waals surface area contributed by atoms with E-state index in [0.717, 1.165) is 5.82 Å². The molecule has 0 aliphatic heterocycles. The third kappa shape index (κ3) is 4.12. The maximum Gasteiger partial charge on any atom is 0.387 e. The van der Waals surface area contributed by atoms with Gasteiger partial charge in [0, 0.05) is 24.2 Å². The molecule has 0 saturated carbocycles. The van der Waals surface area contributed by atoms with Gasteiger partial charge < -0.3 is 14.6 Å². The molecule has 1 heterocycles. The number of halogens is 3. The SMILES string of the molecule is CC(NCc1cc(Cl)ccc1OC(F)F)c1nncn1C. The van der Waals surface area contributed by atoms with Gasteiger partial charge in [-0.25, -0.2) is 0 Å². The molecule has 0 spiro atoms. The van der Waals surface area contributed by atoms with Gasteiger partial charge in [0.05, 0.1) is 6.04 Å². The third-order valence-electron chi connectivity index (χ3n) is 2.97. The van der Waals surface area contributed by atoms with E-state index in [4.69, 9.17) is 11.6 Å². The number of alkyl halides is 2. The van der Waals surface area contributed by atoms with Gasteiger partial charge in [-0.2, -0.15) is 8.78 Å². The number of benzene rings is 1. The van der Waals surface area contributed by atoms with Gasteiger partial charge in [-0.05, 0) is 25.1 Å². The summed E-state index contributed by atoms with van der Waals surface area (Å²) in [5.74, 6) is 0.848. The minimum absolute atomic E-state index is 0.101. The summed E-state index contributed by atoms with van der Waals surface area (Å²) in [4.78, 5) is 0. The number of ether oxygens (including phenoxy) is 1. The maximum atomic E-state index is 12.4. The minimum Gasteiger partial charge on any atom is -0.434 e. The first-order chi connectivity index (χ1) is 9.97. The number of hydrogen-bond donors (Lipinski definition) is 1. The van der Waals surface area contributed by atoms with Gasteiger partial charge in [-0.1, -0.05) is 11.6 Å². The van der Waals surface area contributed by atoms with E-state index in [1.54, 1.807) is 17.0 Å². The molecule has 21 heavy (non-hydrogen) atoms. The van der Waals surface area contributed by atoms with Crippen LogP contribution in [0.4, 0.5) is 8.78 Å². The molecule has 1 aromatic carbocycles. The highest BCUT2D eigenvalue weighted by Crippen LogP contribution is 2.25. The van der Waals surface area contributed by atoms with Crippen molar-refractivity contribution in [3.63, 3.8) is 0 Å².